The number of halogens is 1. The minimum atomic E-state index is 0.441. The summed E-state index contributed by atoms with van der Waals surface area (Å²) in [6, 6.07) is 8.74. The Kier molecular flexibility index (Phi) is 2.99. The Balaban J connectivity index is 2.00. The summed E-state index contributed by atoms with van der Waals surface area (Å²) in [5.74, 6) is 0. The standard InChI is InChI=1S/C13H14BrN3/c14-10-3-1-4-11(7-10)17-9-15-8-13(17)12-5-2-6-16-12/h1,3-4,7-9,12,16H,2,5-6H2. The van der Waals surface area contributed by atoms with Crippen molar-refractivity contribution in [1.29, 1.82) is 0 Å². The first-order valence-electron chi connectivity index (χ1n) is 5.86. The molecule has 1 saturated heterocycles. The van der Waals surface area contributed by atoms with Crippen LogP contribution in [0.15, 0.2) is 41.3 Å². The quantitative estimate of drug-likeness (QED) is 0.922. The third-order valence-corrected chi connectivity index (χ3v) is 3.66. The SMILES string of the molecule is Brc1cccc(-n2cncc2C2CCCN2)c1. The molecule has 4 heteroatoms. The maximum absolute atomic E-state index is 4.28. The number of hydrogen-bond acceptors (Lipinski definition) is 2. The molecule has 0 saturated carbocycles. The monoisotopic (exact) mass is 291 g/mol. The van der Waals surface area contributed by atoms with Gasteiger partial charge in [0.2, 0.25) is 0 Å². The molecule has 0 aliphatic carbocycles. The van der Waals surface area contributed by atoms with Crippen LogP contribution in [0.4, 0.5) is 0 Å². The van der Waals surface area contributed by atoms with E-state index in [9.17, 15) is 0 Å². The lowest BCUT2D eigenvalue weighted by atomic mass is 10.1. The number of imidazole rings is 1. The molecule has 3 nitrogen and oxygen atoms in total. The van der Waals surface area contributed by atoms with Crippen LogP contribution in [0.1, 0.15) is 24.6 Å². The van der Waals surface area contributed by atoms with Gasteiger partial charge in [0.15, 0.2) is 0 Å². The van der Waals surface area contributed by atoms with E-state index in [2.05, 4.69) is 42.9 Å². The summed E-state index contributed by atoms with van der Waals surface area (Å²) in [5.41, 5.74) is 2.40. The summed E-state index contributed by atoms with van der Waals surface area (Å²) < 4.78 is 3.25. The first-order chi connectivity index (χ1) is 8.34. The maximum Gasteiger partial charge on any atom is 0.0994 e. The van der Waals surface area contributed by atoms with E-state index < -0.39 is 0 Å². The van der Waals surface area contributed by atoms with Gasteiger partial charge in [0, 0.05) is 16.2 Å². The van der Waals surface area contributed by atoms with Crippen molar-refractivity contribution >= 4 is 15.9 Å². The smallest absolute Gasteiger partial charge is 0.0994 e. The van der Waals surface area contributed by atoms with Crippen LogP contribution in [0, 0.1) is 0 Å². The number of aromatic nitrogens is 2. The zero-order chi connectivity index (χ0) is 11.7. The number of nitrogens with one attached hydrogen (secondary N) is 1. The lowest BCUT2D eigenvalue weighted by Crippen LogP contribution is -2.16. The van der Waals surface area contributed by atoms with Crippen LogP contribution in [0.2, 0.25) is 0 Å². The second kappa shape index (κ2) is 4.63. The summed E-state index contributed by atoms with van der Waals surface area (Å²) in [4.78, 5) is 4.28. The van der Waals surface area contributed by atoms with Gasteiger partial charge in [-0.15, -0.1) is 0 Å². The summed E-state index contributed by atoms with van der Waals surface area (Å²) in [5, 5.41) is 3.51. The fourth-order valence-corrected chi connectivity index (χ4v) is 2.73. The lowest BCUT2D eigenvalue weighted by Gasteiger charge is -2.14. The zero-order valence-electron chi connectivity index (χ0n) is 9.44. The van der Waals surface area contributed by atoms with E-state index >= 15 is 0 Å². The van der Waals surface area contributed by atoms with Gasteiger partial charge in [-0.2, -0.15) is 0 Å². The molecule has 1 aliphatic heterocycles. The van der Waals surface area contributed by atoms with Gasteiger partial charge >= 0.3 is 0 Å². The minimum Gasteiger partial charge on any atom is -0.309 e. The van der Waals surface area contributed by atoms with Crippen LogP contribution < -0.4 is 5.32 Å². The second-order valence-electron chi connectivity index (χ2n) is 4.32. The van der Waals surface area contributed by atoms with E-state index in [1.54, 1.807) is 0 Å². The molecule has 0 spiro atoms. The van der Waals surface area contributed by atoms with Crippen molar-refractivity contribution in [1.82, 2.24) is 14.9 Å². The van der Waals surface area contributed by atoms with Gasteiger partial charge in [0.1, 0.15) is 0 Å². The van der Waals surface area contributed by atoms with Crippen LogP contribution in [0.25, 0.3) is 5.69 Å². The molecular formula is C13H14BrN3. The molecule has 2 heterocycles. The molecule has 0 bridgehead atoms. The Morgan fingerprint density at radius 2 is 2.35 bits per heavy atom. The largest absolute Gasteiger partial charge is 0.309 e. The van der Waals surface area contributed by atoms with Crippen LogP contribution in [-0.4, -0.2) is 16.1 Å². The summed E-state index contributed by atoms with van der Waals surface area (Å²) >= 11 is 3.51. The Hall–Kier alpha value is -1.13. The van der Waals surface area contributed by atoms with Gasteiger partial charge in [-0.1, -0.05) is 22.0 Å². The highest BCUT2D eigenvalue weighted by Crippen LogP contribution is 2.25. The molecule has 1 aromatic carbocycles. The molecule has 1 aromatic heterocycles. The van der Waals surface area contributed by atoms with Crippen molar-refractivity contribution in [2.75, 3.05) is 6.54 Å². The van der Waals surface area contributed by atoms with Crippen molar-refractivity contribution in [2.45, 2.75) is 18.9 Å². The third kappa shape index (κ3) is 2.15. The second-order valence-corrected chi connectivity index (χ2v) is 5.23. The fourth-order valence-electron chi connectivity index (χ4n) is 2.34. The van der Waals surface area contributed by atoms with E-state index in [1.165, 1.54) is 18.5 Å². The molecule has 17 heavy (non-hydrogen) atoms. The predicted molar refractivity (Wildman–Crippen MR) is 71.2 cm³/mol. The van der Waals surface area contributed by atoms with E-state index in [1.807, 2.05) is 24.7 Å². The van der Waals surface area contributed by atoms with Crippen LogP contribution >= 0.6 is 15.9 Å². The Bertz CT molecular complexity index is 515. The van der Waals surface area contributed by atoms with E-state index in [-0.39, 0.29) is 0 Å². The van der Waals surface area contributed by atoms with Gasteiger partial charge in [0.25, 0.3) is 0 Å². The van der Waals surface area contributed by atoms with Crippen molar-refractivity contribution in [3.8, 4) is 5.69 Å². The Morgan fingerprint density at radius 1 is 1.41 bits per heavy atom. The van der Waals surface area contributed by atoms with Gasteiger partial charge in [-0.3, -0.25) is 0 Å². The average molecular weight is 292 g/mol. The third-order valence-electron chi connectivity index (χ3n) is 3.17. The number of nitrogens with zero attached hydrogens (tertiary/aromatic N) is 2. The molecule has 1 atom stereocenters. The van der Waals surface area contributed by atoms with Crippen LogP contribution in [0.3, 0.4) is 0 Å². The van der Waals surface area contributed by atoms with Gasteiger partial charge in [0.05, 0.1) is 18.2 Å². The molecule has 88 valence electrons. The molecule has 3 rings (SSSR count). The highest BCUT2D eigenvalue weighted by atomic mass is 79.9. The molecule has 1 unspecified atom stereocenters. The zero-order valence-corrected chi connectivity index (χ0v) is 11.0. The average Bonchev–Trinajstić information content (AvgIpc) is 3.00. The Morgan fingerprint density at radius 3 is 3.12 bits per heavy atom. The highest BCUT2D eigenvalue weighted by molar-refractivity contribution is 9.10. The molecular weight excluding hydrogens is 278 g/mol. The molecule has 0 radical (unpaired) electrons. The highest BCUT2D eigenvalue weighted by Gasteiger charge is 2.20. The summed E-state index contributed by atoms with van der Waals surface area (Å²) in [6.07, 6.45) is 6.29. The molecule has 1 N–H and O–H groups in total. The summed E-state index contributed by atoms with van der Waals surface area (Å²) in [7, 11) is 0. The minimum absolute atomic E-state index is 0.441. The number of rotatable bonds is 2. The predicted octanol–water partition coefficient (Wildman–Crippen LogP) is 3.06. The number of benzene rings is 1. The Labute approximate surface area is 109 Å². The van der Waals surface area contributed by atoms with Crippen molar-refractivity contribution in [3.63, 3.8) is 0 Å². The normalized spacial score (nSPS) is 19.7. The first kappa shape index (κ1) is 11.0. The number of hydrogen-bond donors (Lipinski definition) is 1. The van der Waals surface area contributed by atoms with Crippen molar-refractivity contribution < 1.29 is 0 Å². The maximum atomic E-state index is 4.28. The lowest BCUT2D eigenvalue weighted by molar-refractivity contribution is 0.615. The van der Waals surface area contributed by atoms with Gasteiger partial charge < -0.3 is 9.88 Å². The molecule has 1 aliphatic rings. The topological polar surface area (TPSA) is 29.9 Å². The van der Waals surface area contributed by atoms with Crippen molar-refractivity contribution in [2.24, 2.45) is 0 Å². The van der Waals surface area contributed by atoms with Crippen LogP contribution in [-0.2, 0) is 0 Å². The van der Waals surface area contributed by atoms with E-state index in [0.29, 0.717) is 6.04 Å². The summed E-state index contributed by atoms with van der Waals surface area (Å²) in [6.45, 7) is 1.11. The van der Waals surface area contributed by atoms with Crippen molar-refractivity contribution in [3.05, 3.63) is 47.0 Å². The molecule has 2 aromatic rings. The van der Waals surface area contributed by atoms with E-state index in [4.69, 9.17) is 0 Å². The van der Waals surface area contributed by atoms with Gasteiger partial charge in [-0.25, -0.2) is 4.98 Å². The molecule has 0 amide bonds. The first-order valence-corrected chi connectivity index (χ1v) is 6.65. The molecule has 1 fully saturated rings. The van der Waals surface area contributed by atoms with E-state index in [0.717, 1.165) is 16.7 Å². The van der Waals surface area contributed by atoms with Crippen LogP contribution in [0.5, 0.6) is 0 Å². The fraction of sp³-hybridized carbons (Fsp3) is 0.308. The van der Waals surface area contributed by atoms with Gasteiger partial charge in [-0.05, 0) is 37.6 Å².